The number of aromatic carboxylic acids is 1. The van der Waals surface area contributed by atoms with Crippen LogP contribution >= 0.6 is 0 Å². The van der Waals surface area contributed by atoms with Crippen molar-refractivity contribution in [2.24, 2.45) is 0 Å². The number of hydrogen-bond donors (Lipinski definition) is 3. The number of ether oxygens (including phenoxy) is 1. The molecule has 0 unspecified atom stereocenters. The van der Waals surface area contributed by atoms with Gasteiger partial charge in [-0.05, 0) is 38.1 Å². The molecule has 3 N–H and O–H groups in total. The third-order valence-electron chi connectivity index (χ3n) is 3.25. The summed E-state index contributed by atoms with van der Waals surface area (Å²) in [5.41, 5.74) is 1.18. The van der Waals surface area contributed by atoms with Crippen molar-refractivity contribution in [2.75, 3.05) is 10.6 Å². The van der Waals surface area contributed by atoms with Crippen molar-refractivity contribution in [3.05, 3.63) is 47.9 Å². The third kappa shape index (κ3) is 6.34. The van der Waals surface area contributed by atoms with Crippen LogP contribution in [-0.2, 0) is 6.54 Å². The molecule has 0 saturated carbocycles. The molecule has 28 heavy (non-hydrogen) atoms. The van der Waals surface area contributed by atoms with Crippen LogP contribution in [0.4, 0.5) is 29.5 Å². The summed E-state index contributed by atoms with van der Waals surface area (Å²) in [5, 5.41) is 14.0. The Bertz CT molecular complexity index is 885. The number of nitrogens with one attached hydrogen (secondary N) is 2. The Morgan fingerprint density at radius 1 is 1.21 bits per heavy atom. The number of carbonyl (C=O) groups is 2. The number of amides is 2. The van der Waals surface area contributed by atoms with Crippen LogP contribution in [0.3, 0.4) is 0 Å². The second-order valence-corrected chi connectivity index (χ2v) is 5.84. The lowest BCUT2D eigenvalue weighted by Crippen LogP contribution is -2.20. The highest BCUT2D eigenvalue weighted by atomic mass is 19.4. The number of anilines is 2. The quantitative estimate of drug-likeness (QED) is 0.636. The van der Waals surface area contributed by atoms with Crippen molar-refractivity contribution in [3.8, 4) is 5.75 Å². The summed E-state index contributed by atoms with van der Waals surface area (Å²) < 4.78 is 41.5. The molecule has 0 atom stereocenters. The summed E-state index contributed by atoms with van der Waals surface area (Å²) in [5.74, 6) is -1.92. The second kappa shape index (κ2) is 8.46. The molecule has 150 valence electrons. The number of hydrogen-bond acceptors (Lipinski definition) is 4. The molecule has 1 heterocycles. The van der Waals surface area contributed by atoms with Crippen LogP contribution < -0.4 is 15.4 Å². The number of allylic oxidation sites excluding steroid dienone is 2. The van der Waals surface area contributed by atoms with Crippen LogP contribution in [0, 0.1) is 0 Å². The van der Waals surface area contributed by atoms with E-state index in [-0.39, 0.29) is 23.9 Å². The monoisotopic (exact) mass is 398 g/mol. The first-order valence-corrected chi connectivity index (χ1v) is 7.91. The number of nitrogens with zero attached hydrogens (tertiary/aromatic N) is 2. The number of benzene rings is 1. The fourth-order valence-corrected chi connectivity index (χ4v) is 2.09. The topological polar surface area (TPSA) is 105 Å². The maximum atomic E-state index is 12.1. The molecule has 0 saturated heterocycles. The first-order valence-electron chi connectivity index (χ1n) is 7.91. The van der Waals surface area contributed by atoms with Crippen molar-refractivity contribution in [2.45, 2.75) is 26.8 Å². The minimum Gasteiger partial charge on any atom is -0.475 e. The van der Waals surface area contributed by atoms with E-state index in [4.69, 9.17) is 0 Å². The van der Waals surface area contributed by atoms with Gasteiger partial charge in [0.25, 0.3) is 0 Å². The lowest BCUT2D eigenvalue weighted by molar-refractivity contribution is -0.274. The van der Waals surface area contributed by atoms with E-state index in [1.54, 1.807) is 6.08 Å². The highest BCUT2D eigenvalue weighted by Crippen LogP contribution is 2.24. The Morgan fingerprint density at radius 2 is 1.86 bits per heavy atom. The van der Waals surface area contributed by atoms with Crippen LogP contribution in [0.25, 0.3) is 0 Å². The number of imidazole rings is 1. The van der Waals surface area contributed by atoms with Gasteiger partial charge in [0.1, 0.15) is 5.75 Å². The molecule has 2 amide bonds. The highest BCUT2D eigenvalue weighted by Gasteiger charge is 2.31. The number of carboxylic acid groups (broad SMARTS) is 1. The Balaban J connectivity index is 2.03. The molecule has 0 aliphatic heterocycles. The molecule has 8 nitrogen and oxygen atoms in total. The molecule has 1 aromatic heterocycles. The van der Waals surface area contributed by atoms with Gasteiger partial charge in [-0.25, -0.2) is 14.6 Å². The van der Waals surface area contributed by atoms with Crippen molar-refractivity contribution >= 4 is 23.5 Å². The SMILES string of the molecule is CC(C)=CCn1cc(NC(=O)Nc2ccc(OC(F)(F)F)cc2)nc1C(=O)O. The van der Waals surface area contributed by atoms with Gasteiger partial charge < -0.3 is 19.7 Å². The maximum Gasteiger partial charge on any atom is 0.573 e. The Morgan fingerprint density at radius 3 is 2.39 bits per heavy atom. The van der Waals surface area contributed by atoms with E-state index in [1.165, 1.54) is 22.9 Å². The predicted molar refractivity (Wildman–Crippen MR) is 94.4 cm³/mol. The standard InChI is InChI=1S/C17H17F3N4O4/c1-10(2)7-8-24-9-13(22-14(24)15(25)26)23-16(27)21-11-3-5-12(6-4-11)28-17(18,19)20/h3-7,9H,8H2,1-2H3,(H,25,26)(H2,21,23,27). The van der Waals surface area contributed by atoms with Gasteiger partial charge in [-0.2, -0.15) is 0 Å². The number of alkyl halides is 3. The second-order valence-electron chi connectivity index (χ2n) is 5.84. The zero-order valence-electron chi connectivity index (χ0n) is 14.9. The van der Waals surface area contributed by atoms with Crippen LogP contribution in [0.15, 0.2) is 42.1 Å². The summed E-state index contributed by atoms with van der Waals surface area (Å²) in [7, 11) is 0. The Labute approximate surface area is 157 Å². The van der Waals surface area contributed by atoms with Crippen LogP contribution in [-0.4, -0.2) is 33.0 Å². The van der Waals surface area contributed by atoms with E-state index in [2.05, 4.69) is 20.4 Å². The molecule has 11 heteroatoms. The summed E-state index contributed by atoms with van der Waals surface area (Å²) in [6, 6.07) is 3.78. The van der Waals surface area contributed by atoms with Gasteiger partial charge in [-0.3, -0.25) is 5.32 Å². The first-order chi connectivity index (χ1) is 13.0. The van der Waals surface area contributed by atoms with E-state index in [0.717, 1.165) is 17.7 Å². The molecule has 0 aliphatic carbocycles. The lowest BCUT2D eigenvalue weighted by atomic mass is 10.3. The summed E-state index contributed by atoms with van der Waals surface area (Å²) >= 11 is 0. The van der Waals surface area contributed by atoms with Crippen molar-refractivity contribution < 1.29 is 32.6 Å². The minimum atomic E-state index is -4.81. The fraction of sp³-hybridized carbons (Fsp3) is 0.235. The first kappa shape index (κ1) is 20.8. The van der Waals surface area contributed by atoms with E-state index in [0.29, 0.717) is 0 Å². The third-order valence-corrected chi connectivity index (χ3v) is 3.25. The molecular weight excluding hydrogens is 381 g/mol. The van der Waals surface area contributed by atoms with Gasteiger partial charge in [0.05, 0.1) is 0 Å². The van der Waals surface area contributed by atoms with Gasteiger partial charge in [-0.15, -0.1) is 13.2 Å². The van der Waals surface area contributed by atoms with Crippen LogP contribution in [0.2, 0.25) is 0 Å². The molecule has 2 rings (SSSR count). The molecule has 0 spiro atoms. The summed E-state index contributed by atoms with van der Waals surface area (Å²) in [4.78, 5) is 27.1. The Kier molecular flexibility index (Phi) is 6.29. The number of rotatable bonds is 6. The van der Waals surface area contributed by atoms with Crippen molar-refractivity contribution in [3.63, 3.8) is 0 Å². The number of carbonyl (C=O) groups excluding carboxylic acids is 1. The van der Waals surface area contributed by atoms with Crippen LogP contribution in [0.5, 0.6) is 5.75 Å². The molecule has 0 aliphatic rings. The molecule has 0 bridgehead atoms. The smallest absolute Gasteiger partial charge is 0.475 e. The average Bonchev–Trinajstić information content (AvgIpc) is 2.96. The van der Waals surface area contributed by atoms with Crippen molar-refractivity contribution in [1.29, 1.82) is 0 Å². The predicted octanol–water partition coefficient (Wildman–Crippen LogP) is 4.09. The van der Waals surface area contributed by atoms with E-state index in [1.807, 2.05) is 13.8 Å². The molecule has 0 radical (unpaired) electrons. The van der Waals surface area contributed by atoms with E-state index >= 15 is 0 Å². The molecule has 2 aromatic rings. The van der Waals surface area contributed by atoms with E-state index in [9.17, 15) is 27.9 Å². The number of aromatic nitrogens is 2. The van der Waals surface area contributed by atoms with Gasteiger partial charge in [0, 0.05) is 18.4 Å². The van der Waals surface area contributed by atoms with Crippen LogP contribution in [0.1, 0.15) is 24.5 Å². The molecule has 0 fully saturated rings. The zero-order chi connectivity index (χ0) is 20.9. The minimum absolute atomic E-state index is 0.00841. The Hall–Kier alpha value is -3.50. The van der Waals surface area contributed by atoms with Crippen molar-refractivity contribution in [1.82, 2.24) is 9.55 Å². The zero-order valence-corrected chi connectivity index (χ0v) is 14.9. The van der Waals surface area contributed by atoms with E-state index < -0.39 is 24.1 Å². The lowest BCUT2D eigenvalue weighted by Gasteiger charge is -2.10. The average molecular weight is 398 g/mol. The van der Waals surface area contributed by atoms with Gasteiger partial charge in [-0.1, -0.05) is 11.6 Å². The summed E-state index contributed by atoms with van der Waals surface area (Å²) in [6.45, 7) is 3.98. The molecular formula is C17H17F3N4O4. The van der Waals surface area contributed by atoms with Gasteiger partial charge in [0.2, 0.25) is 5.82 Å². The number of urea groups is 1. The fourth-order valence-electron chi connectivity index (χ4n) is 2.09. The normalized spacial score (nSPS) is 10.9. The summed E-state index contributed by atoms with van der Waals surface area (Å²) in [6.07, 6.45) is -1.65. The number of halogens is 3. The van der Waals surface area contributed by atoms with Gasteiger partial charge >= 0.3 is 18.4 Å². The largest absolute Gasteiger partial charge is 0.573 e. The maximum absolute atomic E-state index is 12.1. The number of carboxylic acids is 1. The van der Waals surface area contributed by atoms with Gasteiger partial charge in [0.15, 0.2) is 5.82 Å². The molecule has 1 aromatic carbocycles. The highest BCUT2D eigenvalue weighted by molar-refractivity contribution is 5.99.